The first-order valence-corrected chi connectivity index (χ1v) is 8.45. The normalized spacial score (nSPS) is 34.9. The van der Waals surface area contributed by atoms with Crippen LogP contribution in [0.4, 0.5) is 0 Å². The standard InChI is InChI=1S/C17H27N3/c1-15-5-7-17(8-6-15)20-12-10-19(11-13-20)14-16-4-2-3-9-18-16/h2-4,9,15,17H,5-8,10-14H2,1H3/p+3. The summed E-state index contributed by atoms with van der Waals surface area (Å²) in [5, 5.41) is 0. The van der Waals surface area contributed by atoms with Crippen molar-refractivity contribution < 1.29 is 14.8 Å². The number of piperazine rings is 1. The summed E-state index contributed by atoms with van der Waals surface area (Å²) in [6, 6.07) is 7.38. The molecule has 1 aromatic heterocycles. The molecular weight excluding hydrogens is 246 g/mol. The van der Waals surface area contributed by atoms with Crippen LogP contribution in [0.3, 0.4) is 0 Å². The Morgan fingerprint density at radius 1 is 1.05 bits per heavy atom. The van der Waals surface area contributed by atoms with E-state index in [1.165, 1.54) is 57.6 Å². The van der Waals surface area contributed by atoms with Gasteiger partial charge in [0, 0.05) is 12.1 Å². The van der Waals surface area contributed by atoms with Crippen LogP contribution in [0.2, 0.25) is 0 Å². The van der Waals surface area contributed by atoms with Crippen molar-refractivity contribution in [1.82, 2.24) is 0 Å². The second-order valence-electron chi connectivity index (χ2n) is 6.93. The zero-order valence-electron chi connectivity index (χ0n) is 12.8. The molecular formula is C17H30N3+3. The molecule has 1 saturated heterocycles. The van der Waals surface area contributed by atoms with Crippen molar-refractivity contribution in [3.8, 4) is 0 Å². The number of pyridine rings is 1. The maximum absolute atomic E-state index is 3.37. The molecule has 0 spiro atoms. The van der Waals surface area contributed by atoms with E-state index < -0.39 is 0 Å². The minimum Gasteiger partial charge on any atom is -0.323 e. The zero-order valence-corrected chi connectivity index (χ0v) is 12.8. The van der Waals surface area contributed by atoms with Crippen LogP contribution in [0.5, 0.6) is 0 Å². The Morgan fingerprint density at radius 3 is 2.45 bits per heavy atom. The van der Waals surface area contributed by atoms with Crippen LogP contribution >= 0.6 is 0 Å². The predicted molar refractivity (Wildman–Crippen MR) is 79.5 cm³/mol. The van der Waals surface area contributed by atoms with Gasteiger partial charge in [0.2, 0.25) is 5.69 Å². The lowest BCUT2D eigenvalue weighted by atomic mass is 9.86. The largest absolute Gasteiger partial charge is 0.323 e. The molecule has 3 rings (SSSR count). The van der Waals surface area contributed by atoms with Crippen LogP contribution in [0.25, 0.3) is 0 Å². The van der Waals surface area contributed by atoms with E-state index in [1.807, 2.05) is 11.1 Å². The van der Waals surface area contributed by atoms with Crippen LogP contribution in [0, 0.1) is 5.92 Å². The van der Waals surface area contributed by atoms with Gasteiger partial charge in [-0.3, -0.25) is 0 Å². The Bertz CT molecular complexity index is 390. The molecule has 20 heavy (non-hydrogen) atoms. The summed E-state index contributed by atoms with van der Waals surface area (Å²) in [4.78, 5) is 7.02. The van der Waals surface area contributed by atoms with E-state index in [0.717, 1.165) is 18.5 Å². The second kappa shape index (κ2) is 6.68. The summed E-state index contributed by atoms with van der Waals surface area (Å²) < 4.78 is 0. The molecule has 2 fully saturated rings. The highest BCUT2D eigenvalue weighted by molar-refractivity contribution is 4.94. The molecule has 0 aromatic carbocycles. The molecule has 3 nitrogen and oxygen atoms in total. The van der Waals surface area contributed by atoms with Gasteiger partial charge >= 0.3 is 0 Å². The van der Waals surface area contributed by atoms with Crippen LogP contribution in [0.1, 0.15) is 38.3 Å². The number of H-pyrrole nitrogens is 1. The molecule has 2 heterocycles. The molecule has 1 aliphatic heterocycles. The third-order valence-electron chi connectivity index (χ3n) is 5.41. The van der Waals surface area contributed by atoms with Gasteiger partial charge in [-0.2, -0.15) is 0 Å². The van der Waals surface area contributed by atoms with Crippen molar-refractivity contribution in [2.24, 2.45) is 5.92 Å². The first kappa shape index (κ1) is 14.0. The lowest BCUT2D eigenvalue weighted by molar-refractivity contribution is -1.03. The number of rotatable bonds is 3. The quantitative estimate of drug-likeness (QED) is 0.734. The van der Waals surface area contributed by atoms with E-state index >= 15 is 0 Å². The van der Waals surface area contributed by atoms with Gasteiger partial charge in [-0.25, -0.2) is 4.98 Å². The lowest BCUT2D eigenvalue weighted by Gasteiger charge is -2.37. The molecule has 0 radical (unpaired) electrons. The van der Waals surface area contributed by atoms with E-state index in [-0.39, 0.29) is 0 Å². The molecule has 3 N–H and O–H groups in total. The van der Waals surface area contributed by atoms with Gasteiger partial charge in [0.25, 0.3) is 0 Å². The fourth-order valence-electron chi connectivity index (χ4n) is 3.99. The van der Waals surface area contributed by atoms with Crippen molar-refractivity contribution in [2.45, 2.75) is 45.2 Å². The molecule has 1 saturated carbocycles. The Kier molecular flexibility index (Phi) is 4.69. The summed E-state index contributed by atoms with van der Waals surface area (Å²) in [7, 11) is 0. The van der Waals surface area contributed by atoms with Crippen molar-refractivity contribution in [3.05, 3.63) is 30.1 Å². The highest BCUT2D eigenvalue weighted by Crippen LogP contribution is 2.21. The Balaban J connectivity index is 1.45. The number of hydrogen-bond acceptors (Lipinski definition) is 0. The maximum atomic E-state index is 3.37. The van der Waals surface area contributed by atoms with E-state index in [9.17, 15) is 0 Å². The first-order valence-electron chi connectivity index (χ1n) is 8.45. The van der Waals surface area contributed by atoms with Gasteiger partial charge in [-0.15, -0.1) is 0 Å². The Labute approximate surface area is 123 Å². The molecule has 0 atom stereocenters. The monoisotopic (exact) mass is 276 g/mol. The second-order valence-corrected chi connectivity index (χ2v) is 6.93. The smallest absolute Gasteiger partial charge is 0.234 e. The predicted octanol–water partition coefficient (Wildman–Crippen LogP) is -0.637. The number of nitrogens with one attached hydrogen (secondary N) is 3. The minimum absolute atomic E-state index is 0.969. The summed E-state index contributed by atoms with van der Waals surface area (Å²) in [5.74, 6) is 0.978. The van der Waals surface area contributed by atoms with E-state index in [1.54, 1.807) is 4.90 Å². The Hall–Kier alpha value is -0.930. The van der Waals surface area contributed by atoms with Gasteiger partial charge in [0.15, 0.2) is 12.7 Å². The first-order chi connectivity index (χ1) is 9.81. The third-order valence-corrected chi connectivity index (χ3v) is 5.41. The average Bonchev–Trinajstić information content (AvgIpc) is 2.50. The summed E-state index contributed by atoms with van der Waals surface area (Å²) in [5.41, 5.74) is 1.37. The fraction of sp³-hybridized carbons (Fsp3) is 0.706. The molecule has 0 unspecified atom stereocenters. The molecule has 2 aliphatic rings. The molecule has 1 aliphatic carbocycles. The van der Waals surface area contributed by atoms with Crippen LogP contribution in [-0.4, -0.2) is 32.2 Å². The lowest BCUT2D eigenvalue weighted by Crippen LogP contribution is -3.29. The van der Waals surface area contributed by atoms with Crippen LogP contribution < -0.4 is 14.8 Å². The number of aromatic nitrogens is 1. The Morgan fingerprint density at radius 2 is 1.80 bits per heavy atom. The van der Waals surface area contributed by atoms with Crippen molar-refractivity contribution in [2.75, 3.05) is 26.2 Å². The van der Waals surface area contributed by atoms with E-state index in [0.29, 0.717) is 0 Å². The number of aromatic amines is 1. The van der Waals surface area contributed by atoms with Gasteiger partial charge in [0.05, 0.1) is 6.04 Å². The SMILES string of the molecule is CC1CCC([NH+]2CC[NH+](Cc3cccc[nH+]3)CC2)CC1. The molecule has 1 aromatic rings. The van der Waals surface area contributed by atoms with Crippen molar-refractivity contribution in [1.29, 1.82) is 0 Å². The van der Waals surface area contributed by atoms with Gasteiger partial charge in [-0.1, -0.05) is 6.92 Å². The molecule has 0 amide bonds. The van der Waals surface area contributed by atoms with Crippen molar-refractivity contribution >= 4 is 0 Å². The van der Waals surface area contributed by atoms with Gasteiger partial charge in [0.1, 0.15) is 26.2 Å². The highest BCUT2D eigenvalue weighted by atomic mass is 15.3. The molecule has 110 valence electrons. The fourth-order valence-corrected chi connectivity index (χ4v) is 3.99. The minimum atomic E-state index is 0.969. The molecule has 0 bridgehead atoms. The maximum Gasteiger partial charge on any atom is 0.234 e. The highest BCUT2D eigenvalue weighted by Gasteiger charge is 2.32. The van der Waals surface area contributed by atoms with Crippen LogP contribution in [0.15, 0.2) is 24.4 Å². The summed E-state index contributed by atoms with van der Waals surface area (Å²) in [6.45, 7) is 9.01. The average molecular weight is 276 g/mol. The zero-order chi connectivity index (χ0) is 13.8. The van der Waals surface area contributed by atoms with E-state index in [4.69, 9.17) is 0 Å². The number of quaternary nitrogens is 2. The topological polar surface area (TPSA) is 23.0 Å². The number of hydrogen-bond donors (Lipinski definition) is 2. The molecule has 3 heteroatoms. The van der Waals surface area contributed by atoms with Gasteiger partial charge < -0.3 is 9.80 Å². The van der Waals surface area contributed by atoms with Gasteiger partial charge in [-0.05, 0) is 37.7 Å². The third kappa shape index (κ3) is 3.58. The van der Waals surface area contributed by atoms with E-state index in [2.05, 4.69) is 30.1 Å². The van der Waals surface area contributed by atoms with Crippen molar-refractivity contribution in [3.63, 3.8) is 0 Å². The summed E-state index contributed by atoms with van der Waals surface area (Å²) >= 11 is 0. The van der Waals surface area contributed by atoms with Crippen LogP contribution in [-0.2, 0) is 6.54 Å². The summed E-state index contributed by atoms with van der Waals surface area (Å²) in [6.07, 6.45) is 7.91.